The summed E-state index contributed by atoms with van der Waals surface area (Å²) in [5.41, 5.74) is 1.60. The van der Waals surface area contributed by atoms with Gasteiger partial charge in [-0.2, -0.15) is 4.98 Å². The number of fused-ring (bicyclic) bond motifs is 2. The summed E-state index contributed by atoms with van der Waals surface area (Å²) in [7, 11) is 1.63. The molecule has 0 fully saturated rings. The quantitative estimate of drug-likeness (QED) is 0.534. The summed E-state index contributed by atoms with van der Waals surface area (Å²) in [6.45, 7) is 0.909. The molecule has 0 atom stereocenters. The molecule has 0 bridgehead atoms. The Morgan fingerprint density at radius 1 is 1.00 bits per heavy atom. The van der Waals surface area contributed by atoms with Crippen LogP contribution in [0.4, 0.5) is 11.8 Å². The molecule has 2 aromatic carbocycles. The Morgan fingerprint density at radius 3 is 2.72 bits per heavy atom. The van der Waals surface area contributed by atoms with Crippen LogP contribution in [0, 0.1) is 0 Å². The molecule has 25 heavy (non-hydrogen) atoms. The second-order valence-electron chi connectivity index (χ2n) is 5.48. The molecule has 0 radical (unpaired) electrons. The monoisotopic (exact) mass is 335 g/mol. The smallest absolute Gasteiger partial charge is 0.233 e. The third-order valence-electron chi connectivity index (χ3n) is 3.76. The van der Waals surface area contributed by atoms with Crippen LogP contribution in [0.15, 0.2) is 59.0 Å². The molecule has 0 aliphatic rings. The molecular formula is C19H17N3O3. The molecule has 0 aliphatic carbocycles. The molecule has 1 N–H and O–H groups in total. The highest BCUT2D eigenvalue weighted by atomic mass is 16.5. The zero-order chi connectivity index (χ0) is 17.1. The van der Waals surface area contributed by atoms with Gasteiger partial charge in [0.15, 0.2) is 0 Å². The van der Waals surface area contributed by atoms with Gasteiger partial charge in [0.1, 0.15) is 12.2 Å². The van der Waals surface area contributed by atoms with Crippen molar-refractivity contribution in [3.63, 3.8) is 0 Å². The Kier molecular flexibility index (Phi) is 4.18. The molecule has 6 nitrogen and oxygen atoms in total. The number of furan rings is 1. The van der Waals surface area contributed by atoms with Gasteiger partial charge in [-0.3, -0.25) is 5.32 Å². The van der Waals surface area contributed by atoms with Crippen molar-refractivity contribution >= 4 is 33.7 Å². The number of hydrogen-bond donors (Lipinski definition) is 1. The predicted octanol–water partition coefficient (Wildman–Crippen LogP) is 4.14. The zero-order valence-corrected chi connectivity index (χ0v) is 13.7. The van der Waals surface area contributed by atoms with Crippen molar-refractivity contribution in [1.29, 1.82) is 0 Å². The standard InChI is InChI=1S/C19H17N3O3/c1-23-10-11-24-18-14-7-3-4-8-15(14)20-19(22-18)21-17-12-13-6-2-5-9-16(13)25-17/h2-9,12H,10-11H2,1H3,(H,20,21,22). The van der Waals surface area contributed by atoms with E-state index in [2.05, 4.69) is 15.3 Å². The number of para-hydroxylation sites is 2. The minimum Gasteiger partial charge on any atom is -0.475 e. The van der Waals surface area contributed by atoms with Gasteiger partial charge in [0.2, 0.25) is 17.7 Å². The zero-order valence-electron chi connectivity index (χ0n) is 13.7. The number of benzene rings is 2. The van der Waals surface area contributed by atoms with Gasteiger partial charge in [0, 0.05) is 18.6 Å². The topological polar surface area (TPSA) is 69.4 Å². The summed E-state index contributed by atoms with van der Waals surface area (Å²) < 4.78 is 16.6. The number of hydrogen-bond acceptors (Lipinski definition) is 6. The van der Waals surface area contributed by atoms with E-state index < -0.39 is 0 Å². The van der Waals surface area contributed by atoms with E-state index in [1.54, 1.807) is 7.11 Å². The van der Waals surface area contributed by atoms with Gasteiger partial charge >= 0.3 is 0 Å². The van der Waals surface area contributed by atoms with Gasteiger partial charge in [-0.15, -0.1) is 0 Å². The van der Waals surface area contributed by atoms with Gasteiger partial charge in [-0.05, 0) is 18.2 Å². The molecule has 0 saturated heterocycles. The summed E-state index contributed by atoms with van der Waals surface area (Å²) in [5, 5.41) is 4.99. The summed E-state index contributed by atoms with van der Waals surface area (Å²) in [4.78, 5) is 9.01. The summed E-state index contributed by atoms with van der Waals surface area (Å²) >= 11 is 0. The lowest BCUT2D eigenvalue weighted by Gasteiger charge is -2.10. The Morgan fingerprint density at radius 2 is 1.84 bits per heavy atom. The normalized spacial score (nSPS) is 11.1. The fourth-order valence-corrected chi connectivity index (χ4v) is 2.59. The molecular weight excluding hydrogens is 318 g/mol. The van der Waals surface area contributed by atoms with Gasteiger partial charge < -0.3 is 13.9 Å². The van der Waals surface area contributed by atoms with E-state index in [9.17, 15) is 0 Å². The number of rotatable bonds is 6. The van der Waals surface area contributed by atoms with Crippen LogP contribution in [0.3, 0.4) is 0 Å². The van der Waals surface area contributed by atoms with Crippen LogP contribution in [0.5, 0.6) is 5.88 Å². The van der Waals surface area contributed by atoms with Gasteiger partial charge in [0.05, 0.1) is 17.5 Å². The summed E-state index contributed by atoms with van der Waals surface area (Å²) in [5.74, 6) is 1.52. The molecule has 0 saturated carbocycles. The molecule has 0 unspecified atom stereocenters. The lowest BCUT2D eigenvalue weighted by Crippen LogP contribution is -2.07. The van der Waals surface area contributed by atoms with Gasteiger partial charge in [0.25, 0.3) is 0 Å². The number of methoxy groups -OCH3 is 1. The van der Waals surface area contributed by atoms with Crippen molar-refractivity contribution in [2.75, 3.05) is 25.6 Å². The average Bonchev–Trinajstić information content (AvgIpc) is 3.04. The molecule has 126 valence electrons. The van der Waals surface area contributed by atoms with Crippen molar-refractivity contribution in [3.05, 3.63) is 54.6 Å². The number of ether oxygens (including phenoxy) is 2. The third kappa shape index (κ3) is 3.25. The highest BCUT2D eigenvalue weighted by molar-refractivity contribution is 5.85. The van der Waals surface area contributed by atoms with Crippen LogP contribution in [0.2, 0.25) is 0 Å². The van der Waals surface area contributed by atoms with E-state index >= 15 is 0 Å². The highest BCUT2D eigenvalue weighted by Gasteiger charge is 2.11. The molecule has 6 heteroatoms. The Hall–Kier alpha value is -3.12. The first-order valence-electron chi connectivity index (χ1n) is 7.97. The molecule has 2 aromatic heterocycles. The molecule has 0 aliphatic heterocycles. The second kappa shape index (κ2) is 6.78. The summed E-state index contributed by atoms with van der Waals surface area (Å²) in [6.07, 6.45) is 0. The maximum absolute atomic E-state index is 5.77. The van der Waals surface area contributed by atoms with E-state index in [-0.39, 0.29) is 0 Å². The maximum Gasteiger partial charge on any atom is 0.233 e. The van der Waals surface area contributed by atoms with Crippen molar-refractivity contribution in [2.45, 2.75) is 0 Å². The second-order valence-corrected chi connectivity index (χ2v) is 5.48. The van der Waals surface area contributed by atoms with Crippen molar-refractivity contribution in [1.82, 2.24) is 9.97 Å². The third-order valence-corrected chi connectivity index (χ3v) is 3.76. The van der Waals surface area contributed by atoms with Crippen LogP contribution >= 0.6 is 0 Å². The Balaban J connectivity index is 1.68. The fraction of sp³-hybridized carbons (Fsp3) is 0.158. The molecule has 0 spiro atoms. The summed E-state index contributed by atoms with van der Waals surface area (Å²) in [6, 6.07) is 17.4. The van der Waals surface area contributed by atoms with E-state index in [1.807, 2.05) is 54.6 Å². The Bertz CT molecular complexity index is 980. The lowest BCUT2D eigenvalue weighted by atomic mass is 10.2. The molecule has 4 rings (SSSR count). The SMILES string of the molecule is COCCOc1nc(Nc2cc3ccccc3o2)nc2ccccc12. The van der Waals surface area contributed by atoms with Gasteiger partial charge in [-0.1, -0.05) is 30.3 Å². The van der Waals surface area contributed by atoms with Gasteiger partial charge in [-0.25, -0.2) is 4.98 Å². The van der Waals surface area contributed by atoms with E-state index in [1.165, 1.54) is 0 Å². The number of anilines is 2. The van der Waals surface area contributed by atoms with Crippen molar-refractivity contribution in [2.24, 2.45) is 0 Å². The van der Waals surface area contributed by atoms with Crippen LogP contribution < -0.4 is 10.1 Å². The molecule has 0 amide bonds. The molecule has 4 aromatic rings. The van der Waals surface area contributed by atoms with Crippen molar-refractivity contribution < 1.29 is 13.9 Å². The maximum atomic E-state index is 5.77. The van der Waals surface area contributed by atoms with E-state index in [0.29, 0.717) is 30.9 Å². The minimum absolute atomic E-state index is 0.418. The Labute approximate surface area is 144 Å². The largest absolute Gasteiger partial charge is 0.475 e. The van der Waals surface area contributed by atoms with E-state index in [4.69, 9.17) is 13.9 Å². The lowest BCUT2D eigenvalue weighted by molar-refractivity contribution is 0.144. The van der Waals surface area contributed by atoms with Crippen LogP contribution in [0.1, 0.15) is 0 Å². The van der Waals surface area contributed by atoms with Crippen molar-refractivity contribution in [3.8, 4) is 5.88 Å². The average molecular weight is 335 g/mol. The van der Waals surface area contributed by atoms with Crippen LogP contribution in [0.25, 0.3) is 21.9 Å². The highest BCUT2D eigenvalue weighted by Crippen LogP contribution is 2.28. The number of aromatic nitrogens is 2. The minimum atomic E-state index is 0.418. The first-order chi connectivity index (χ1) is 12.3. The first-order valence-corrected chi connectivity index (χ1v) is 7.97. The fourth-order valence-electron chi connectivity index (χ4n) is 2.59. The number of nitrogens with one attached hydrogen (secondary N) is 1. The predicted molar refractivity (Wildman–Crippen MR) is 96.4 cm³/mol. The van der Waals surface area contributed by atoms with Crippen LogP contribution in [-0.4, -0.2) is 30.3 Å². The van der Waals surface area contributed by atoms with Crippen LogP contribution in [-0.2, 0) is 4.74 Å². The molecule has 2 heterocycles. The number of nitrogens with zero attached hydrogens (tertiary/aromatic N) is 2. The van der Waals surface area contributed by atoms with E-state index in [0.717, 1.165) is 21.9 Å². The first kappa shape index (κ1) is 15.4.